The summed E-state index contributed by atoms with van der Waals surface area (Å²) in [6.07, 6.45) is 3.06. The second-order valence-corrected chi connectivity index (χ2v) is 5.51. The van der Waals surface area contributed by atoms with Gasteiger partial charge in [-0.25, -0.2) is 0 Å². The lowest BCUT2D eigenvalue weighted by Crippen LogP contribution is -2.15. The molecule has 1 heterocycles. The summed E-state index contributed by atoms with van der Waals surface area (Å²) in [5.74, 6) is 1.08. The maximum Gasteiger partial charge on any atom is 0.185 e. The van der Waals surface area contributed by atoms with Crippen LogP contribution in [0, 0.1) is 0 Å². The Morgan fingerprint density at radius 3 is 2.41 bits per heavy atom. The number of ketones is 1. The molecular weight excluding hydrogens is 323 g/mol. The molecule has 0 fully saturated rings. The minimum absolute atomic E-state index is 0.159. The van der Waals surface area contributed by atoms with Crippen LogP contribution in [0.4, 0.5) is 0 Å². The Kier molecular flexibility index (Phi) is 4.36. The maximum absolute atomic E-state index is 12.3. The number of allylic oxidation sites excluding steroid dienone is 1. The number of benzene rings is 2. The first-order valence-electron chi connectivity index (χ1n) is 6.71. The normalized spacial score (nSPS) is 13.4. The molecule has 2 aromatic carbocycles. The fourth-order valence-electron chi connectivity index (χ4n) is 2.12. The third kappa shape index (κ3) is 3.11. The number of carbonyl (C=O) groups is 1. The highest BCUT2D eigenvalue weighted by molar-refractivity contribution is 6.37. The Hall–Kier alpha value is -1.97. The first kappa shape index (κ1) is 14.9. The van der Waals surface area contributed by atoms with Crippen LogP contribution in [0.5, 0.6) is 11.5 Å². The van der Waals surface area contributed by atoms with Crippen molar-refractivity contribution in [2.75, 3.05) is 13.2 Å². The molecule has 3 rings (SSSR count). The van der Waals surface area contributed by atoms with E-state index in [-0.39, 0.29) is 5.78 Å². The summed E-state index contributed by atoms with van der Waals surface area (Å²) >= 11 is 12.1. The molecule has 0 atom stereocenters. The zero-order valence-corrected chi connectivity index (χ0v) is 13.0. The second-order valence-electron chi connectivity index (χ2n) is 4.69. The van der Waals surface area contributed by atoms with Gasteiger partial charge in [-0.15, -0.1) is 0 Å². The molecule has 3 nitrogen and oxygen atoms in total. The number of fused-ring (bicyclic) bond motifs is 1. The van der Waals surface area contributed by atoms with Gasteiger partial charge in [0.25, 0.3) is 0 Å². The van der Waals surface area contributed by atoms with Crippen molar-refractivity contribution in [1.29, 1.82) is 0 Å². The highest BCUT2D eigenvalue weighted by Gasteiger charge is 2.14. The van der Waals surface area contributed by atoms with Crippen LogP contribution in [0.2, 0.25) is 10.0 Å². The minimum Gasteiger partial charge on any atom is -0.486 e. The topological polar surface area (TPSA) is 35.5 Å². The van der Waals surface area contributed by atoms with Gasteiger partial charge in [-0.1, -0.05) is 29.3 Å². The fraction of sp³-hybridized carbons (Fsp3) is 0.118. The van der Waals surface area contributed by atoms with Gasteiger partial charge in [0, 0.05) is 21.2 Å². The van der Waals surface area contributed by atoms with Crippen LogP contribution in [0.3, 0.4) is 0 Å². The van der Waals surface area contributed by atoms with Crippen LogP contribution in [-0.4, -0.2) is 19.0 Å². The van der Waals surface area contributed by atoms with Crippen LogP contribution in [-0.2, 0) is 0 Å². The average molecular weight is 335 g/mol. The maximum atomic E-state index is 12.3. The molecule has 0 saturated carbocycles. The molecular formula is C17H12Cl2O3. The zero-order valence-electron chi connectivity index (χ0n) is 11.5. The summed E-state index contributed by atoms with van der Waals surface area (Å²) in [6, 6.07) is 10.3. The zero-order chi connectivity index (χ0) is 15.5. The van der Waals surface area contributed by atoms with Gasteiger partial charge in [-0.2, -0.15) is 0 Å². The summed E-state index contributed by atoms with van der Waals surface area (Å²) in [5, 5.41) is 0.998. The summed E-state index contributed by atoms with van der Waals surface area (Å²) in [7, 11) is 0. The van der Waals surface area contributed by atoms with Crippen LogP contribution >= 0.6 is 23.2 Å². The lowest BCUT2D eigenvalue weighted by Gasteiger charge is -2.18. The van der Waals surface area contributed by atoms with Gasteiger partial charge in [0.2, 0.25) is 0 Å². The molecule has 22 heavy (non-hydrogen) atoms. The molecule has 5 heteroatoms. The highest BCUT2D eigenvalue weighted by atomic mass is 35.5. The van der Waals surface area contributed by atoms with E-state index in [1.165, 1.54) is 6.08 Å². The van der Waals surface area contributed by atoms with E-state index in [1.54, 1.807) is 42.5 Å². The van der Waals surface area contributed by atoms with Gasteiger partial charge in [0.1, 0.15) is 13.2 Å². The van der Waals surface area contributed by atoms with Crippen molar-refractivity contribution in [3.8, 4) is 11.5 Å². The molecule has 2 aromatic rings. The number of carbonyl (C=O) groups excluding carboxylic acids is 1. The molecule has 0 unspecified atom stereocenters. The van der Waals surface area contributed by atoms with Crippen LogP contribution in [0.25, 0.3) is 6.08 Å². The van der Waals surface area contributed by atoms with E-state index in [0.29, 0.717) is 45.9 Å². The Morgan fingerprint density at radius 1 is 1.00 bits per heavy atom. The first-order chi connectivity index (χ1) is 10.6. The smallest absolute Gasteiger partial charge is 0.185 e. The van der Waals surface area contributed by atoms with Crippen molar-refractivity contribution in [1.82, 2.24) is 0 Å². The summed E-state index contributed by atoms with van der Waals surface area (Å²) in [4.78, 5) is 12.3. The summed E-state index contributed by atoms with van der Waals surface area (Å²) in [6.45, 7) is 1.00. The van der Waals surface area contributed by atoms with Crippen molar-refractivity contribution in [2.24, 2.45) is 0 Å². The fourth-order valence-corrected chi connectivity index (χ4v) is 2.65. The van der Waals surface area contributed by atoms with Gasteiger partial charge in [0.05, 0.1) is 0 Å². The van der Waals surface area contributed by atoms with Crippen molar-refractivity contribution >= 4 is 35.1 Å². The van der Waals surface area contributed by atoms with E-state index in [0.717, 1.165) is 0 Å². The number of halogens is 2. The Balaban J connectivity index is 1.84. The highest BCUT2D eigenvalue weighted by Crippen LogP contribution is 2.31. The van der Waals surface area contributed by atoms with Crippen LogP contribution < -0.4 is 9.47 Å². The van der Waals surface area contributed by atoms with Crippen molar-refractivity contribution in [3.63, 3.8) is 0 Å². The van der Waals surface area contributed by atoms with Gasteiger partial charge in [-0.3, -0.25) is 4.79 Å². The van der Waals surface area contributed by atoms with Crippen molar-refractivity contribution < 1.29 is 14.3 Å². The Morgan fingerprint density at radius 2 is 1.68 bits per heavy atom. The Bertz CT molecular complexity index is 733. The number of hydrogen-bond donors (Lipinski definition) is 0. The quantitative estimate of drug-likeness (QED) is 0.604. The van der Waals surface area contributed by atoms with Gasteiger partial charge >= 0.3 is 0 Å². The number of hydrogen-bond acceptors (Lipinski definition) is 3. The second kappa shape index (κ2) is 6.42. The number of rotatable bonds is 3. The predicted molar refractivity (Wildman–Crippen MR) is 87.3 cm³/mol. The molecule has 0 spiro atoms. The minimum atomic E-state index is -0.159. The Labute approximate surface area is 138 Å². The lowest BCUT2D eigenvalue weighted by atomic mass is 10.1. The predicted octanol–water partition coefficient (Wildman–Crippen LogP) is 4.66. The van der Waals surface area contributed by atoms with Crippen LogP contribution in [0.1, 0.15) is 15.9 Å². The molecule has 1 aliphatic heterocycles. The monoisotopic (exact) mass is 334 g/mol. The van der Waals surface area contributed by atoms with E-state index in [9.17, 15) is 4.79 Å². The molecule has 0 radical (unpaired) electrons. The molecule has 0 aliphatic carbocycles. The summed E-state index contributed by atoms with van der Waals surface area (Å²) in [5.41, 5.74) is 1.14. The van der Waals surface area contributed by atoms with Crippen molar-refractivity contribution in [3.05, 3.63) is 63.6 Å². The van der Waals surface area contributed by atoms with Gasteiger partial charge in [-0.05, 0) is 42.5 Å². The van der Waals surface area contributed by atoms with Gasteiger partial charge in [0.15, 0.2) is 17.3 Å². The molecule has 0 saturated heterocycles. The van der Waals surface area contributed by atoms with E-state index < -0.39 is 0 Å². The molecule has 0 aromatic heterocycles. The van der Waals surface area contributed by atoms with E-state index in [4.69, 9.17) is 32.7 Å². The molecule has 0 amide bonds. The van der Waals surface area contributed by atoms with E-state index in [2.05, 4.69) is 0 Å². The van der Waals surface area contributed by atoms with E-state index in [1.807, 2.05) is 0 Å². The molecule has 0 bridgehead atoms. The number of ether oxygens (including phenoxy) is 2. The van der Waals surface area contributed by atoms with E-state index >= 15 is 0 Å². The third-order valence-electron chi connectivity index (χ3n) is 3.23. The lowest BCUT2D eigenvalue weighted by molar-refractivity contribution is 0.104. The molecule has 112 valence electrons. The van der Waals surface area contributed by atoms with Gasteiger partial charge < -0.3 is 9.47 Å². The van der Waals surface area contributed by atoms with Crippen LogP contribution in [0.15, 0.2) is 42.5 Å². The first-order valence-corrected chi connectivity index (χ1v) is 7.47. The average Bonchev–Trinajstić information content (AvgIpc) is 2.53. The largest absolute Gasteiger partial charge is 0.486 e. The summed E-state index contributed by atoms with van der Waals surface area (Å²) < 4.78 is 10.9. The third-order valence-corrected chi connectivity index (χ3v) is 3.89. The molecule has 0 N–H and O–H groups in total. The molecule has 1 aliphatic rings. The van der Waals surface area contributed by atoms with Crippen molar-refractivity contribution in [2.45, 2.75) is 0 Å². The standard InChI is InChI=1S/C17H12Cl2O3/c18-13-2-1-3-14(19)12(13)5-6-15(20)11-4-7-16-17(10-11)22-9-8-21-16/h1-7,10H,8-9H2. The SMILES string of the molecule is O=C(C=Cc1c(Cl)cccc1Cl)c1ccc2c(c1)OCCO2.